The van der Waals surface area contributed by atoms with Crippen molar-refractivity contribution in [1.29, 1.82) is 0 Å². The molecule has 0 bridgehead atoms. The number of rotatable bonds is 2. The highest BCUT2D eigenvalue weighted by atomic mass is 16.3. The lowest BCUT2D eigenvalue weighted by Gasteiger charge is -1.92. The van der Waals surface area contributed by atoms with Gasteiger partial charge in [-0.25, -0.2) is 0 Å². The van der Waals surface area contributed by atoms with Crippen molar-refractivity contribution in [1.82, 2.24) is 15.0 Å². The second-order valence-electron chi connectivity index (χ2n) is 2.74. The van der Waals surface area contributed by atoms with Gasteiger partial charge in [-0.15, -0.1) is 5.10 Å². The predicted octanol–water partition coefficient (Wildman–Crippen LogP) is 0.534. The van der Waals surface area contributed by atoms with Crippen LogP contribution in [-0.4, -0.2) is 15.0 Å². The number of hydrogen-bond acceptors (Lipinski definition) is 4. The number of nitrogens with two attached hydrogens (primary N) is 1. The van der Waals surface area contributed by atoms with Crippen LogP contribution in [0.4, 0.5) is 0 Å². The van der Waals surface area contributed by atoms with Gasteiger partial charge in [0.05, 0.1) is 19.0 Å². The molecule has 0 saturated carbocycles. The Balaban J connectivity index is 2.45. The Kier molecular flexibility index (Phi) is 1.86. The highest BCUT2D eigenvalue weighted by molar-refractivity contribution is 5.59. The molecule has 0 unspecified atom stereocenters. The predicted molar refractivity (Wildman–Crippen MR) is 46.6 cm³/mol. The Hall–Kier alpha value is -1.62. The summed E-state index contributed by atoms with van der Waals surface area (Å²) in [6.45, 7) is 0.374. The lowest BCUT2D eigenvalue weighted by Crippen LogP contribution is -1.95. The van der Waals surface area contributed by atoms with E-state index < -0.39 is 0 Å². The smallest absolute Gasteiger partial charge is 0.126 e. The molecule has 2 aromatic rings. The highest BCUT2D eigenvalue weighted by Crippen LogP contribution is 2.21. The molecule has 0 spiro atoms. The highest BCUT2D eigenvalue weighted by Gasteiger charge is 2.09. The molecule has 0 aromatic carbocycles. The normalized spacial score (nSPS) is 10.6. The molecular weight excluding hydrogens is 168 g/mol. The van der Waals surface area contributed by atoms with Crippen molar-refractivity contribution in [3.8, 4) is 11.3 Å². The minimum Gasteiger partial charge on any atom is -0.467 e. The van der Waals surface area contributed by atoms with Crippen molar-refractivity contribution >= 4 is 0 Å². The molecule has 5 nitrogen and oxygen atoms in total. The van der Waals surface area contributed by atoms with Crippen LogP contribution in [0.15, 0.2) is 22.9 Å². The maximum absolute atomic E-state index is 5.49. The summed E-state index contributed by atoms with van der Waals surface area (Å²) in [7, 11) is 1.82. The maximum Gasteiger partial charge on any atom is 0.126 e. The van der Waals surface area contributed by atoms with Crippen molar-refractivity contribution in [2.45, 2.75) is 6.54 Å². The summed E-state index contributed by atoms with van der Waals surface area (Å²) in [6, 6.07) is 1.84. The molecule has 68 valence electrons. The van der Waals surface area contributed by atoms with E-state index in [0.29, 0.717) is 6.54 Å². The molecule has 0 radical (unpaired) electrons. The summed E-state index contributed by atoms with van der Waals surface area (Å²) in [4.78, 5) is 0. The Labute approximate surface area is 75.1 Å². The standard InChI is InChI=1S/C8H10N4O/c1-12-5-7(10-11-12)6-2-3-13-8(6)4-9/h2-3,5H,4,9H2,1H3. The third kappa shape index (κ3) is 1.33. The van der Waals surface area contributed by atoms with Gasteiger partial charge in [0.25, 0.3) is 0 Å². The zero-order valence-corrected chi connectivity index (χ0v) is 7.27. The van der Waals surface area contributed by atoms with Crippen LogP contribution in [0.1, 0.15) is 5.76 Å². The van der Waals surface area contributed by atoms with Crippen LogP contribution in [0, 0.1) is 0 Å². The fourth-order valence-electron chi connectivity index (χ4n) is 1.20. The first-order valence-corrected chi connectivity index (χ1v) is 3.94. The minimum atomic E-state index is 0.374. The van der Waals surface area contributed by atoms with Gasteiger partial charge in [0.15, 0.2) is 0 Å². The van der Waals surface area contributed by atoms with Crippen LogP contribution >= 0.6 is 0 Å². The number of nitrogens with zero attached hydrogens (tertiary/aromatic N) is 3. The summed E-state index contributed by atoms with van der Waals surface area (Å²) in [6.07, 6.45) is 3.43. The van der Waals surface area contributed by atoms with E-state index in [0.717, 1.165) is 17.0 Å². The SMILES string of the molecule is Cn1cc(-c2ccoc2CN)nn1. The van der Waals surface area contributed by atoms with Crippen molar-refractivity contribution in [3.05, 3.63) is 24.3 Å². The van der Waals surface area contributed by atoms with Gasteiger partial charge in [-0.2, -0.15) is 0 Å². The van der Waals surface area contributed by atoms with Gasteiger partial charge in [-0.3, -0.25) is 4.68 Å². The number of aryl methyl sites for hydroxylation is 1. The van der Waals surface area contributed by atoms with Gasteiger partial charge in [0.1, 0.15) is 11.5 Å². The molecule has 0 aliphatic heterocycles. The van der Waals surface area contributed by atoms with Crippen LogP contribution < -0.4 is 5.73 Å². The molecule has 2 N–H and O–H groups in total. The molecule has 0 saturated heterocycles. The second-order valence-corrected chi connectivity index (χ2v) is 2.74. The molecule has 0 atom stereocenters. The monoisotopic (exact) mass is 178 g/mol. The van der Waals surface area contributed by atoms with Gasteiger partial charge in [0, 0.05) is 12.6 Å². The Morgan fingerprint density at radius 3 is 3.08 bits per heavy atom. The van der Waals surface area contributed by atoms with E-state index in [9.17, 15) is 0 Å². The van der Waals surface area contributed by atoms with Gasteiger partial charge in [-0.1, -0.05) is 5.21 Å². The average Bonchev–Trinajstić information content (AvgIpc) is 2.71. The van der Waals surface area contributed by atoms with E-state index in [1.165, 1.54) is 0 Å². The van der Waals surface area contributed by atoms with Gasteiger partial charge < -0.3 is 10.2 Å². The first kappa shape index (κ1) is 8.00. The van der Waals surface area contributed by atoms with Crippen LogP contribution in [0.3, 0.4) is 0 Å². The summed E-state index contributed by atoms with van der Waals surface area (Å²) < 4.78 is 6.82. The van der Waals surface area contributed by atoms with Crippen molar-refractivity contribution < 1.29 is 4.42 Å². The molecule has 2 rings (SSSR count). The number of aromatic nitrogens is 3. The van der Waals surface area contributed by atoms with E-state index in [4.69, 9.17) is 10.2 Å². The lowest BCUT2D eigenvalue weighted by molar-refractivity contribution is 0.513. The average molecular weight is 178 g/mol. The van der Waals surface area contributed by atoms with E-state index in [-0.39, 0.29) is 0 Å². The molecule has 13 heavy (non-hydrogen) atoms. The fourth-order valence-corrected chi connectivity index (χ4v) is 1.20. The third-order valence-corrected chi connectivity index (χ3v) is 1.81. The summed E-state index contributed by atoms with van der Waals surface area (Å²) in [5.74, 6) is 0.737. The summed E-state index contributed by atoms with van der Waals surface area (Å²) >= 11 is 0. The Morgan fingerprint density at radius 2 is 2.46 bits per heavy atom. The van der Waals surface area contributed by atoms with Crippen LogP contribution in [-0.2, 0) is 13.6 Å². The fraction of sp³-hybridized carbons (Fsp3) is 0.250. The Morgan fingerprint density at radius 1 is 1.62 bits per heavy atom. The van der Waals surface area contributed by atoms with Crippen LogP contribution in [0.5, 0.6) is 0 Å². The molecule has 5 heteroatoms. The van der Waals surface area contributed by atoms with Crippen molar-refractivity contribution in [2.24, 2.45) is 12.8 Å². The molecule has 0 aliphatic carbocycles. The van der Waals surface area contributed by atoms with E-state index >= 15 is 0 Å². The largest absolute Gasteiger partial charge is 0.467 e. The molecule has 0 aliphatic rings. The van der Waals surface area contributed by atoms with E-state index in [1.807, 2.05) is 19.3 Å². The molecular formula is C8H10N4O. The number of furan rings is 1. The Bertz CT molecular complexity index is 404. The van der Waals surface area contributed by atoms with Gasteiger partial charge in [0.2, 0.25) is 0 Å². The zero-order chi connectivity index (χ0) is 9.26. The van der Waals surface area contributed by atoms with E-state index in [1.54, 1.807) is 10.9 Å². The van der Waals surface area contributed by atoms with Gasteiger partial charge >= 0.3 is 0 Å². The van der Waals surface area contributed by atoms with Crippen molar-refractivity contribution in [2.75, 3.05) is 0 Å². The molecule has 0 fully saturated rings. The molecule has 2 aromatic heterocycles. The maximum atomic E-state index is 5.49. The summed E-state index contributed by atoms with van der Waals surface area (Å²) in [5.41, 5.74) is 7.19. The quantitative estimate of drug-likeness (QED) is 0.728. The van der Waals surface area contributed by atoms with Crippen LogP contribution in [0.25, 0.3) is 11.3 Å². The van der Waals surface area contributed by atoms with Crippen molar-refractivity contribution in [3.63, 3.8) is 0 Å². The minimum absolute atomic E-state index is 0.374. The zero-order valence-electron chi connectivity index (χ0n) is 7.27. The molecule has 0 amide bonds. The van der Waals surface area contributed by atoms with E-state index in [2.05, 4.69) is 10.3 Å². The molecule has 2 heterocycles. The summed E-state index contributed by atoms with van der Waals surface area (Å²) in [5, 5.41) is 7.80. The topological polar surface area (TPSA) is 69.9 Å². The van der Waals surface area contributed by atoms with Gasteiger partial charge in [-0.05, 0) is 6.07 Å². The van der Waals surface area contributed by atoms with Crippen LogP contribution in [0.2, 0.25) is 0 Å². The first-order valence-electron chi connectivity index (χ1n) is 3.94. The lowest BCUT2D eigenvalue weighted by atomic mass is 10.2. The number of hydrogen-bond donors (Lipinski definition) is 1. The third-order valence-electron chi connectivity index (χ3n) is 1.81. The first-order chi connectivity index (χ1) is 6.31. The second kappa shape index (κ2) is 3.02.